The number of aryl methyl sites for hydroxylation is 1. The molecule has 2 N–H and O–H groups in total. The molecule has 4 nitrogen and oxygen atoms in total. The van der Waals surface area contributed by atoms with E-state index in [-0.39, 0.29) is 6.04 Å². The van der Waals surface area contributed by atoms with Gasteiger partial charge in [0.25, 0.3) is 0 Å². The van der Waals surface area contributed by atoms with Crippen LogP contribution in [0.4, 0.5) is 5.69 Å². The Morgan fingerprint density at radius 2 is 2.05 bits per heavy atom. The third-order valence-corrected chi connectivity index (χ3v) is 7.86. The Morgan fingerprint density at radius 1 is 1.40 bits per heavy atom. The molecule has 7 heteroatoms. The molecular weight excluding hydrogens is 360 g/mol. The summed E-state index contributed by atoms with van der Waals surface area (Å²) in [5.41, 5.74) is 7.00. The Bertz CT molecular complexity index is 619. The lowest BCUT2D eigenvalue weighted by molar-refractivity contribution is 0.340. The number of benzene rings is 1. The van der Waals surface area contributed by atoms with E-state index in [0.29, 0.717) is 27.9 Å². The summed E-state index contributed by atoms with van der Waals surface area (Å²) in [6.45, 7) is 6.38. The summed E-state index contributed by atoms with van der Waals surface area (Å²) in [5.74, 6) is 0.829. The molecule has 2 atom stereocenters. The lowest BCUT2D eigenvalue weighted by atomic mass is 10.2. The maximum Gasteiger partial charge on any atom is 0.243 e. The van der Waals surface area contributed by atoms with Crippen LogP contribution in [0.5, 0.6) is 0 Å². The molecule has 0 spiro atoms. The molecule has 1 saturated heterocycles. The van der Waals surface area contributed by atoms with Crippen molar-refractivity contribution in [3.8, 4) is 0 Å². The van der Waals surface area contributed by atoms with Gasteiger partial charge in [-0.25, -0.2) is 8.42 Å². The normalized spacial score (nSPS) is 24.8. The fourth-order valence-electron chi connectivity index (χ4n) is 2.32. The minimum atomic E-state index is -3.49. The van der Waals surface area contributed by atoms with E-state index in [1.807, 2.05) is 18.7 Å². The zero-order chi connectivity index (χ0) is 15.1. The van der Waals surface area contributed by atoms with E-state index in [2.05, 4.69) is 22.9 Å². The number of rotatable bonds is 2. The van der Waals surface area contributed by atoms with Gasteiger partial charge >= 0.3 is 0 Å². The lowest BCUT2D eigenvalue weighted by Crippen LogP contribution is -2.47. The van der Waals surface area contributed by atoms with E-state index >= 15 is 0 Å². The summed E-state index contributed by atoms with van der Waals surface area (Å²) in [5, 5.41) is 0.298. The van der Waals surface area contributed by atoms with Crippen molar-refractivity contribution in [1.82, 2.24) is 4.31 Å². The molecule has 0 radical (unpaired) electrons. The van der Waals surface area contributed by atoms with Gasteiger partial charge in [0.15, 0.2) is 0 Å². The van der Waals surface area contributed by atoms with Crippen molar-refractivity contribution in [2.75, 3.05) is 18.0 Å². The molecule has 1 heterocycles. The number of hydrogen-bond acceptors (Lipinski definition) is 4. The van der Waals surface area contributed by atoms with Crippen LogP contribution in [0.25, 0.3) is 0 Å². The summed E-state index contributed by atoms with van der Waals surface area (Å²) in [6, 6.07) is 3.30. The highest BCUT2D eigenvalue weighted by Gasteiger charge is 2.35. The molecular formula is C13H19BrN2O2S2. The van der Waals surface area contributed by atoms with E-state index in [4.69, 9.17) is 5.73 Å². The third-order valence-electron chi connectivity index (χ3n) is 3.71. The fourth-order valence-corrected chi connectivity index (χ4v) is 6.01. The van der Waals surface area contributed by atoms with Gasteiger partial charge in [-0.15, -0.1) is 0 Å². The summed E-state index contributed by atoms with van der Waals surface area (Å²) >= 11 is 5.14. The van der Waals surface area contributed by atoms with Gasteiger partial charge < -0.3 is 5.73 Å². The van der Waals surface area contributed by atoms with Crippen LogP contribution in [0, 0.1) is 6.92 Å². The zero-order valence-electron chi connectivity index (χ0n) is 11.8. The molecule has 2 rings (SSSR count). The van der Waals surface area contributed by atoms with Crippen molar-refractivity contribution in [3.05, 3.63) is 22.2 Å². The number of nitrogen functional groups attached to an aromatic ring is 1. The first-order valence-corrected chi connectivity index (χ1v) is 9.72. The van der Waals surface area contributed by atoms with Gasteiger partial charge in [0.05, 0.1) is 4.90 Å². The number of hydrogen-bond donors (Lipinski definition) is 1. The number of nitrogens with zero attached hydrogens (tertiary/aromatic N) is 1. The first-order chi connectivity index (χ1) is 9.25. The summed E-state index contributed by atoms with van der Waals surface area (Å²) in [4.78, 5) is 0.309. The highest BCUT2D eigenvalue weighted by atomic mass is 79.9. The van der Waals surface area contributed by atoms with Gasteiger partial charge in [-0.3, -0.25) is 0 Å². The predicted octanol–water partition coefficient (Wildman–Crippen LogP) is 2.85. The highest BCUT2D eigenvalue weighted by Crippen LogP contribution is 2.33. The second kappa shape index (κ2) is 5.87. The van der Waals surface area contributed by atoms with Crippen molar-refractivity contribution in [2.45, 2.75) is 37.0 Å². The molecule has 1 aromatic carbocycles. The molecule has 1 fully saturated rings. The van der Waals surface area contributed by atoms with Gasteiger partial charge in [-0.2, -0.15) is 16.1 Å². The molecule has 1 aliphatic rings. The Kier molecular flexibility index (Phi) is 4.73. The zero-order valence-corrected chi connectivity index (χ0v) is 15.0. The van der Waals surface area contributed by atoms with Gasteiger partial charge in [-0.05, 0) is 47.5 Å². The van der Waals surface area contributed by atoms with Crippen LogP contribution in [-0.4, -0.2) is 36.3 Å². The van der Waals surface area contributed by atoms with Gasteiger partial charge in [0.1, 0.15) is 0 Å². The Labute approximate surface area is 133 Å². The molecule has 0 saturated carbocycles. The number of nitrogens with two attached hydrogens (primary N) is 1. The van der Waals surface area contributed by atoms with E-state index in [0.717, 1.165) is 10.2 Å². The van der Waals surface area contributed by atoms with Crippen molar-refractivity contribution in [1.29, 1.82) is 0 Å². The number of sulfonamides is 1. The van der Waals surface area contributed by atoms with Crippen molar-refractivity contribution in [3.63, 3.8) is 0 Å². The summed E-state index contributed by atoms with van der Waals surface area (Å²) in [6.07, 6.45) is 0. The molecule has 0 aromatic heterocycles. The van der Waals surface area contributed by atoms with Crippen LogP contribution in [-0.2, 0) is 10.0 Å². The molecule has 20 heavy (non-hydrogen) atoms. The third kappa shape index (κ3) is 2.86. The fraction of sp³-hybridized carbons (Fsp3) is 0.538. The van der Waals surface area contributed by atoms with E-state index in [9.17, 15) is 8.42 Å². The van der Waals surface area contributed by atoms with E-state index in [1.165, 1.54) is 0 Å². The van der Waals surface area contributed by atoms with Crippen LogP contribution in [0.1, 0.15) is 19.4 Å². The smallest absolute Gasteiger partial charge is 0.243 e. The number of thioether (sulfide) groups is 1. The van der Waals surface area contributed by atoms with Crippen molar-refractivity contribution < 1.29 is 8.42 Å². The monoisotopic (exact) mass is 378 g/mol. The number of anilines is 1. The average Bonchev–Trinajstić information content (AvgIpc) is 2.36. The Morgan fingerprint density at radius 3 is 2.70 bits per heavy atom. The summed E-state index contributed by atoms with van der Waals surface area (Å²) < 4.78 is 28.1. The van der Waals surface area contributed by atoms with Crippen molar-refractivity contribution >= 4 is 43.4 Å². The van der Waals surface area contributed by atoms with Crippen molar-refractivity contribution in [2.24, 2.45) is 0 Å². The molecule has 112 valence electrons. The SMILES string of the molecule is Cc1cc(Br)c(N)cc1S(=O)(=O)N1CCSC(C)C1C. The largest absolute Gasteiger partial charge is 0.398 e. The second-order valence-electron chi connectivity index (χ2n) is 5.07. The van der Waals surface area contributed by atoms with Gasteiger partial charge in [-0.1, -0.05) is 6.92 Å². The minimum absolute atomic E-state index is 0.0111. The first kappa shape index (κ1) is 16.1. The highest BCUT2D eigenvalue weighted by molar-refractivity contribution is 9.10. The number of halogens is 1. The molecule has 1 aromatic rings. The predicted molar refractivity (Wildman–Crippen MR) is 88.6 cm³/mol. The molecule has 1 aliphatic heterocycles. The minimum Gasteiger partial charge on any atom is -0.398 e. The van der Waals surface area contributed by atoms with E-state index in [1.54, 1.807) is 23.4 Å². The quantitative estimate of drug-likeness (QED) is 0.803. The van der Waals surface area contributed by atoms with Crippen LogP contribution >= 0.6 is 27.7 Å². The second-order valence-corrected chi connectivity index (χ2v) is 9.27. The van der Waals surface area contributed by atoms with E-state index < -0.39 is 10.0 Å². The average molecular weight is 379 g/mol. The Hall–Kier alpha value is -0.240. The van der Waals surface area contributed by atoms with Gasteiger partial charge in [0.2, 0.25) is 10.0 Å². The molecule has 0 amide bonds. The van der Waals surface area contributed by atoms with Gasteiger partial charge in [0, 0.05) is 33.7 Å². The summed E-state index contributed by atoms with van der Waals surface area (Å²) in [7, 11) is -3.49. The molecule has 0 bridgehead atoms. The maximum absolute atomic E-state index is 12.9. The van der Waals surface area contributed by atoms with Crippen LogP contribution in [0.15, 0.2) is 21.5 Å². The Balaban J connectivity index is 2.47. The van der Waals surface area contributed by atoms with Crippen LogP contribution in [0.3, 0.4) is 0 Å². The van der Waals surface area contributed by atoms with Crippen LogP contribution in [0.2, 0.25) is 0 Å². The standard InChI is InChI=1S/C13H19BrN2O2S2/c1-8-6-11(14)12(15)7-13(8)20(17,18)16-4-5-19-10(3)9(16)2/h6-7,9-10H,4-5,15H2,1-3H3. The van der Waals surface area contributed by atoms with Crippen LogP contribution < -0.4 is 5.73 Å². The lowest BCUT2D eigenvalue weighted by Gasteiger charge is -2.36. The first-order valence-electron chi connectivity index (χ1n) is 6.44. The topological polar surface area (TPSA) is 63.4 Å². The maximum atomic E-state index is 12.9. The molecule has 0 aliphatic carbocycles. The molecule has 2 unspecified atom stereocenters.